The van der Waals surface area contributed by atoms with Gasteiger partial charge in [-0.2, -0.15) is 10.1 Å². The van der Waals surface area contributed by atoms with E-state index in [1.54, 1.807) is 25.1 Å². The van der Waals surface area contributed by atoms with Crippen LogP contribution in [0.3, 0.4) is 0 Å². The number of hydrogen-bond donors (Lipinski definition) is 1. The number of anilines is 1. The van der Waals surface area contributed by atoms with Crippen LogP contribution in [-0.4, -0.2) is 30.9 Å². The third-order valence-electron chi connectivity index (χ3n) is 4.46. The second-order valence-corrected chi connectivity index (χ2v) is 6.15. The van der Waals surface area contributed by atoms with Crippen molar-refractivity contribution < 1.29 is 19.4 Å². The molecular weight excluding hydrogens is 344 g/mol. The number of aromatic hydroxyl groups is 1. The molecule has 1 aliphatic rings. The van der Waals surface area contributed by atoms with E-state index in [0.717, 1.165) is 12.1 Å². The van der Waals surface area contributed by atoms with Gasteiger partial charge in [0.2, 0.25) is 5.75 Å². The highest BCUT2D eigenvalue weighted by atomic mass is 16.5. The average Bonchev–Trinajstić information content (AvgIpc) is 2.97. The monoisotopic (exact) mass is 366 g/mol. The maximum absolute atomic E-state index is 12.9. The molecule has 0 atom stereocenters. The summed E-state index contributed by atoms with van der Waals surface area (Å²) in [5, 5.41) is 15.8. The molecule has 2 aromatic rings. The molecule has 0 saturated carbocycles. The van der Waals surface area contributed by atoms with Crippen LogP contribution in [0.2, 0.25) is 0 Å². The fourth-order valence-electron chi connectivity index (χ4n) is 2.90. The fourth-order valence-corrected chi connectivity index (χ4v) is 2.90. The molecule has 0 unspecified atom stereocenters. The number of ether oxygens (including phenoxy) is 2. The van der Waals surface area contributed by atoms with Crippen LogP contribution in [0.15, 0.2) is 47.1 Å². The van der Waals surface area contributed by atoms with Gasteiger partial charge in [-0.25, -0.2) is 0 Å². The van der Waals surface area contributed by atoms with E-state index < -0.39 is 0 Å². The van der Waals surface area contributed by atoms with Crippen molar-refractivity contribution in [1.82, 2.24) is 0 Å². The number of hydrogen-bond acceptors (Lipinski definition) is 5. The van der Waals surface area contributed by atoms with Gasteiger partial charge in [-0.1, -0.05) is 19.1 Å². The molecule has 0 saturated heterocycles. The lowest BCUT2D eigenvalue weighted by molar-refractivity contribution is -0.114. The summed E-state index contributed by atoms with van der Waals surface area (Å²) in [5.41, 5.74) is 3.68. The summed E-state index contributed by atoms with van der Waals surface area (Å²) in [7, 11) is 2.92. The highest BCUT2D eigenvalue weighted by Crippen LogP contribution is 2.38. The van der Waals surface area contributed by atoms with E-state index >= 15 is 0 Å². The van der Waals surface area contributed by atoms with E-state index in [2.05, 4.69) is 12.0 Å². The normalized spacial score (nSPS) is 15.3. The number of amides is 1. The zero-order valence-corrected chi connectivity index (χ0v) is 15.8. The van der Waals surface area contributed by atoms with Gasteiger partial charge < -0.3 is 14.6 Å². The Hall–Kier alpha value is -3.28. The van der Waals surface area contributed by atoms with Gasteiger partial charge in [-0.15, -0.1) is 0 Å². The number of nitrogens with zero attached hydrogens (tertiary/aromatic N) is 2. The first kappa shape index (κ1) is 18.5. The number of hydrazone groups is 1. The minimum atomic E-state index is -0.206. The fraction of sp³-hybridized carbons (Fsp3) is 0.238. The lowest BCUT2D eigenvalue weighted by atomic mass is 10.1. The summed E-state index contributed by atoms with van der Waals surface area (Å²) >= 11 is 0. The molecule has 0 fully saturated rings. The smallest absolute Gasteiger partial charge is 0.280 e. The predicted molar refractivity (Wildman–Crippen MR) is 106 cm³/mol. The Morgan fingerprint density at radius 3 is 2.22 bits per heavy atom. The highest BCUT2D eigenvalue weighted by Gasteiger charge is 2.28. The van der Waals surface area contributed by atoms with Gasteiger partial charge in [-0.05, 0) is 54.8 Å². The third kappa shape index (κ3) is 3.51. The molecule has 0 spiro atoms. The molecule has 1 N–H and O–H groups in total. The Bertz CT molecular complexity index is 905. The number of rotatable bonds is 5. The van der Waals surface area contributed by atoms with Crippen LogP contribution in [0.4, 0.5) is 5.69 Å². The van der Waals surface area contributed by atoms with Gasteiger partial charge in [-0.3, -0.25) is 4.79 Å². The number of benzene rings is 2. The predicted octanol–water partition coefficient (Wildman–Crippen LogP) is 3.78. The Morgan fingerprint density at radius 1 is 1.11 bits per heavy atom. The van der Waals surface area contributed by atoms with Crippen molar-refractivity contribution >= 4 is 23.4 Å². The first-order valence-electron chi connectivity index (χ1n) is 8.64. The van der Waals surface area contributed by atoms with Crippen molar-refractivity contribution in [2.24, 2.45) is 5.10 Å². The van der Waals surface area contributed by atoms with E-state index in [0.29, 0.717) is 16.8 Å². The number of aryl methyl sites for hydroxylation is 1. The van der Waals surface area contributed by atoms with Gasteiger partial charge >= 0.3 is 0 Å². The standard InChI is InChI=1S/C21H22N2O4/c1-5-14-6-8-16(9-7-14)23-21(25)17(13(2)22-23)10-15-11-18(26-3)20(24)19(12-15)27-4/h6-12,24H,5H2,1-4H3/b17-10-. The molecule has 1 amide bonds. The van der Waals surface area contributed by atoms with E-state index in [-0.39, 0.29) is 23.2 Å². The zero-order valence-electron chi connectivity index (χ0n) is 15.8. The van der Waals surface area contributed by atoms with Crippen molar-refractivity contribution in [3.63, 3.8) is 0 Å². The van der Waals surface area contributed by atoms with Crippen LogP contribution >= 0.6 is 0 Å². The number of carbonyl (C=O) groups excluding carboxylic acids is 1. The highest BCUT2D eigenvalue weighted by molar-refractivity contribution is 6.32. The maximum Gasteiger partial charge on any atom is 0.280 e. The number of methoxy groups -OCH3 is 2. The van der Waals surface area contributed by atoms with Crippen molar-refractivity contribution in [2.45, 2.75) is 20.3 Å². The summed E-state index contributed by atoms with van der Waals surface area (Å²) in [4.78, 5) is 12.9. The molecule has 0 aliphatic carbocycles. The van der Waals surface area contributed by atoms with Gasteiger partial charge in [0.05, 0.1) is 31.2 Å². The molecule has 2 aromatic carbocycles. The van der Waals surface area contributed by atoms with Crippen molar-refractivity contribution in [1.29, 1.82) is 0 Å². The van der Waals surface area contributed by atoms with E-state index in [4.69, 9.17) is 9.47 Å². The minimum absolute atomic E-state index is 0.0806. The Kier molecular flexibility index (Phi) is 5.16. The SMILES string of the molecule is CCc1ccc(N2N=C(C)/C(=C/c3cc(OC)c(O)c(OC)c3)C2=O)cc1. The van der Waals surface area contributed by atoms with Crippen LogP contribution in [0.5, 0.6) is 17.2 Å². The van der Waals surface area contributed by atoms with Gasteiger partial charge in [0.1, 0.15) is 0 Å². The summed E-state index contributed by atoms with van der Waals surface area (Å²) in [6.07, 6.45) is 2.65. The zero-order chi connectivity index (χ0) is 19.6. The first-order chi connectivity index (χ1) is 13.0. The van der Waals surface area contributed by atoms with Gasteiger partial charge in [0, 0.05) is 0 Å². The second-order valence-electron chi connectivity index (χ2n) is 6.15. The quantitative estimate of drug-likeness (QED) is 0.818. The third-order valence-corrected chi connectivity index (χ3v) is 4.46. The van der Waals surface area contributed by atoms with Gasteiger partial charge in [0.15, 0.2) is 11.5 Å². The Balaban J connectivity index is 1.96. The van der Waals surface area contributed by atoms with Crippen LogP contribution in [-0.2, 0) is 11.2 Å². The van der Waals surface area contributed by atoms with E-state index in [9.17, 15) is 9.90 Å². The number of phenols is 1. The molecule has 1 aliphatic heterocycles. The molecule has 0 aromatic heterocycles. The van der Waals surface area contributed by atoms with Crippen LogP contribution in [0.1, 0.15) is 25.0 Å². The molecule has 27 heavy (non-hydrogen) atoms. The van der Waals surface area contributed by atoms with Crippen LogP contribution in [0, 0.1) is 0 Å². The van der Waals surface area contributed by atoms with Crippen molar-refractivity contribution in [3.05, 3.63) is 53.1 Å². The lowest BCUT2D eigenvalue weighted by Gasteiger charge is -2.12. The summed E-state index contributed by atoms with van der Waals surface area (Å²) in [5.74, 6) is 0.257. The molecule has 0 radical (unpaired) electrons. The molecule has 140 valence electrons. The summed E-state index contributed by atoms with van der Waals surface area (Å²) in [6, 6.07) is 11.1. The van der Waals surface area contributed by atoms with E-state index in [1.165, 1.54) is 24.8 Å². The van der Waals surface area contributed by atoms with Gasteiger partial charge in [0.25, 0.3) is 5.91 Å². The second kappa shape index (κ2) is 7.53. The summed E-state index contributed by atoms with van der Waals surface area (Å²) < 4.78 is 10.3. The van der Waals surface area contributed by atoms with E-state index in [1.807, 2.05) is 24.3 Å². The molecule has 6 nitrogen and oxygen atoms in total. The summed E-state index contributed by atoms with van der Waals surface area (Å²) in [6.45, 7) is 3.87. The van der Waals surface area contributed by atoms with Crippen molar-refractivity contribution in [3.8, 4) is 17.2 Å². The Morgan fingerprint density at radius 2 is 1.70 bits per heavy atom. The minimum Gasteiger partial charge on any atom is -0.502 e. The average molecular weight is 366 g/mol. The molecule has 1 heterocycles. The lowest BCUT2D eigenvalue weighted by Crippen LogP contribution is -2.21. The molecular formula is C21H22N2O4. The van der Waals surface area contributed by atoms with Crippen LogP contribution in [0.25, 0.3) is 6.08 Å². The Labute approximate surface area is 158 Å². The maximum atomic E-state index is 12.9. The number of carbonyl (C=O) groups is 1. The molecule has 6 heteroatoms. The topological polar surface area (TPSA) is 71.4 Å². The molecule has 3 rings (SSSR count). The molecule has 0 bridgehead atoms. The first-order valence-corrected chi connectivity index (χ1v) is 8.64. The van der Waals surface area contributed by atoms with Crippen LogP contribution < -0.4 is 14.5 Å². The number of phenolic OH excluding ortho intramolecular Hbond substituents is 1. The van der Waals surface area contributed by atoms with Crippen molar-refractivity contribution in [2.75, 3.05) is 19.2 Å². The largest absolute Gasteiger partial charge is 0.502 e.